The van der Waals surface area contributed by atoms with Crippen LogP contribution in [0.2, 0.25) is 5.02 Å². The van der Waals surface area contributed by atoms with E-state index in [0.29, 0.717) is 6.42 Å². The highest BCUT2D eigenvalue weighted by Crippen LogP contribution is 2.26. The zero-order valence-corrected chi connectivity index (χ0v) is 11.2. The summed E-state index contributed by atoms with van der Waals surface area (Å²) >= 11 is 5.98. The maximum absolute atomic E-state index is 12.1. The van der Waals surface area contributed by atoms with Gasteiger partial charge in [-0.15, -0.1) is 0 Å². The molecule has 0 N–H and O–H groups in total. The first kappa shape index (κ1) is 12.2. The van der Waals surface area contributed by atoms with E-state index in [9.17, 15) is 4.79 Å². The lowest BCUT2D eigenvalue weighted by Gasteiger charge is -2.17. The molecule has 0 atom stereocenters. The van der Waals surface area contributed by atoms with E-state index in [2.05, 4.69) is 6.08 Å². The number of Topliss-reactive ketones (excluding diaryl/α,β-unsaturated/α-hetero) is 1. The van der Waals surface area contributed by atoms with Crippen molar-refractivity contribution in [2.24, 2.45) is 0 Å². The summed E-state index contributed by atoms with van der Waals surface area (Å²) < 4.78 is 0. The molecule has 0 heterocycles. The summed E-state index contributed by atoms with van der Waals surface area (Å²) in [7, 11) is 0. The molecule has 2 heteroatoms. The average molecular weight is 269 g/mol. The molecule has 0 aromatic heterocycles. The van der Waals surface area contributed by atoms with Gasteiger partial charge in [-0.1, -0.05) is 59.6 Å². The number of fused-ring (bicyclic) bond motifs is 1. The van der Waals surface area contributed by atoms with Gasteiger partial charge in [0.15, 0.2) is 5.78 Å². The molecule has 0 radical (unpaired) electrons. The first-order valence-corrected chi connectivity index (χ1v) is 6.66. The fourth-order valence-corrected chi connectivity index (χ4v) is 2.69. The average Bonchev–Trinajstić information content (AvgIpc) is 2.39. The fourth-order valence-electron chi connectivity index (χ4n) is 2.49. The van der Waals surface area contributed by atoms with E-state index in [-0.39, 0.29) is 5.78 Å². The van der Waals surface area contributed by atoms with Crippen LogP contribution in [0.25, 0.3) is 6.08 Å². The third-order valence-electron chi connectivity index (χ3n) is 3.34. The summed E-state index contributed by atoms with van der Waals surface area (Å²) in [5.74, 6) is 0.204. The van der Waals surface area contributed by atoms with Crippen molar-refractivity contribution in [1.29, 1.82) is 0 Å². The molecule has 0 saturated heterocycles. The zero-order chi connectivity index (χ0) is 13.2. The Labute approximate surface area is 117 Å². The second-order valence-electron chi connectivity index (χ2n) is 4.79. The van der Waals surface area contributed by atoms with Gasteiger partial charge in [-0.3, -0.25) is 4.79 Å². The fraction of sp³-hybridized carbons (Fsp3) is 0.118. The van der Waals surface area contributed by atoms with Crippen molar-refractivity contribution in [1.82, 2.24) is 0 Å². The summed E-state index contributed by atoms with van der Waals surface area (Å²) in [6, 6.07) is 15.5. The number of hydrogen-bond acceptors (Lipinski definition) is 1. The first-order valence-electron chi connectivity index (χ1n) is 6.28. The van der Waals surface area contributed by atoms with Crippen LogP contribution in [0, 0.1) is 0 Å². The molecule has 1 aliphatic rings. The first-order chi connectivity index (χ1) is 9.22. The maximum atomic E-state index is 12.1. The van der Waals surface area contributed by atoms with Gasteiger partial charge in [0.2, 0.25) is 0 Å². The van der Waals surface area contributed by atoms with Crippen molar-refractivity contribution in [2.75, 3.05) is 0 Å². The highest BCUT2D eigenvalue weighted by Gasteiger charge is 2.19. The van der Waals surface area contributed by atoms with E-state index in [4.69, 9.17) is 11.6 Å². The van der Waals surface area contributed by atoms with Gasteiger partial charge in [-0.25, -0.2) is 0 Å². The molecule has 0 unspecified atom stereocenters. The minimum atomic E-state index is 0.204. The molecule has 0 spiro atoms. The lowest BCUT2D eigenvalue weighted by molar-refractivity contribution is 0.0987. The number of carbonyl (C=O) groups is 1. The van der Waals surface area contributed by atoms with Crippen LogP contribution in [0.3, 0.4) is 0 Å². The summed E-state index contributed by atoms with van der Waals surface area (Å²) in [4.78, 5) is 12.1. The molecular formula is C17H13ClO. The van der Waals surface area contributed by atoms with Crippen molar-refractivity contribution in [3.8, 4) is 0 Å². The second kappa shape index (κ2) is 5.02. The van der Waals surface area contributed by atoms with Crippen LogP contribution in [-0.4, -0.2) is 5.78 Å². The predicted molar refractivity (Wildman–Crippen MR) is 78.5 cm³/mol. The largest absolute Gasteiger partial charge is 0.294 e. The van der Waals surface area contributed by atoms with Gasteiger partial charge >= 0.3 is 0 Å². The Hall–Kier alpha value is -1.86. The number of allylic oxidation sites excluding steroid dienone is 1. The van der Waals surface area contributed by atoms with Crippen LogP contribution in [0.4, 0.5) is 0 Å². The number of carbonyl (C=O) groups excluding carboxylic acids is 1. The van der Waals surface area contributed by atoms with Gasteiger partial charge in [-0.2, -0.15) is 0 Å². The van der Waals surface area contributed by atoms with Crippen molar-refractivity contribution in [3.05, 3.63) is 75.8 Å². The maximum Gasteiger partial charge on any atom is 0.167 e. The van der Waals surface area contributed by atoms with Crippen molar-refractivity contribution >= 4 is 23.5 Å². The second-order valence-corrected chi connectivity index (χ2v) is 5.23. The molecule has 2 aromatic carbocycles. The highest BCUT2D eigenvalue weighted by molar-refractivity contribution is 6.30. The topological polar surface area (TPSA) is 17.1 Å². The number of halogens is 1. The van der Waals surface area contributed by atoms with E-state index in [1.165, 1.54) is 0 Å². The zero-order valence-electron chi connectivity index (χ0n) is 10.4. The summed E-state index contributed by atoms with van der Waals surface area (Å²) in [5.41, 5.74) is 4.18. The lowest BCUT2D eigenvalue weighted by atomic mass is 9.86. The predicted octanol–water partition coefficient (Wildman–Crippen LogP) is 4.55. The van der Waals surface area contributed by atoms with Gasteiger partial charge < -0.3 is 0 Å². The quantitative estimate of drug-likeness (QED) is 0.741. The molecule has 3 rings (SSSR count). The highest BCUT2D eigenvalue weighted by atomic mass is 35.5. The van der Waals surface area contributed by atoms with E-state index in [1.807, 2.05) is 48.5 Å². The van der Waals surface area contributed by atoms with Crippen LogP contribution in [0.15, 0.2) is 54.1 Å². The van der Waals surface area contributed by atoms with E-state index in [0.717, 1.165) is 33.7 Å². The Morgan fingerprint density at radius 2 is 1.84 bits per heavy atom. The SMILES string of the molecule is O=C1CC(=Cc2cccc(Cl)c2)Cc2ccccc21. The lowest BCUT2D eigenvalue weighted by Crippen LogP contribution is -2.12. The summed E-state index contributed by atoms with van der Waals surface area (Å²) in [6.07, 6.45) is 3.41. The number of ketones is 1. The molecule has 1 aliphatic carbocycles. The third kappa shape index (κ3) is 2.61. The van der Waals surface area contributed by atoms with Gasteiger partial charge in [-0.05, 0) is 29.7 Å². The number of benzene rings is 2. The van der Waals surface area contributed by atoms with Crippen molar-refractivity contribution < 1.29 is 4.79 Å². The molecule has 2 aromatic rings. The molecule has 1 nitrogen and oxygen atoms in total. The Bertz CT molecular complexity index is 670. The minimum absolute atomic E-state index is 0.204. The monoisotopic (exact) mass is 268 g/mol. The van der Waals surface area contributed by atoms with Crippen molar-refractivity contribution in [2.45, 2.75) is 12.8 Å². The van der Waals surface area contributed by atoms with Crippen LogP contribution in [0.5, 0.6) is 0 Å². The number of rotatable bonds is 1. The smallest absolute Gasteiger partial charge is 0.167 e. The van der Waals surface area contributed by atoms with E-state index >= 15 is 0 Å². The summed E-state index contributed by atoms with van der Waals surface area (Å²) in [6.45, 7) is 0. The molecule has 0 aliphatic heterocycles. The Kier molecular flexibility index (Phi) is 3.22. The molecule has 0 saturated carbocycles. The van der Waals surface area contributed by atoms with Crippen molar-refractivity contribution in [3.63, 3.8) is 0 Å². The van der Waals surface area contributed by atoms with Gasteiger partial charge in [0.1, 0.15) is 0 Å². The van der Waals surface area contributed by atoms with E-state index < -0.39 is 0 Å². The normalized spacial score (nSPS) is 16.5. The molecule has 0 bridgehead atoms. The van der Waals surface area contributed by atoms with E-state index in [1.54, 1.807) is 0 Å². The Morgan fingerprint density at radius 1 is 1.00 bits per heavy atom. The molecule has 94 valence electrons. The van der Waals surface area contributed by atoms with Crippen LogP contribution < -0.4 is 0 Å². The number of hydrogen-bond donors (Lipinski definition) is 0. The van der Waals surface area contributed by atoms with Gasteiger partial charge in [0.05, 0.1) is 0 Å². The molecule has 19 heavy (non-hydrogen) atoms. The van der Waals surface area contributed by atoms with Crippen LogP contribution in [-0.2, 0) is 6.42 Å². The molecule has 0 fully saturated rings. The van der Waals surface area contributed by atoms with Crippen LogP contribution in [0.1, 0.15) is 27.9 Å². The van der Waals surface area contributed by atoms with Crippen LogP contribution >= 0.6 is 11.6 Å². The summed E-state index contributed by atoms with van der Waals surface area (Å²) in [5, 5.41) is 0.719. The van der Waals surface area contributed by atoms with Gasteiger partial charge in [0.25, 0.3) is 0 Å². The standard InChI is InChI=1S/C17H13ClO/c18-15-6-3-4-12(10-15)8-13-9-14-5-1-2-7-16(14)17(19)11-13/h1-8,10H,9,11H2. The van der Waals surface area contributed by atoms with Gasteiger partial charge in [0, 0.05) is 17.0 Å². The third-order valence-corrected chi connectivity index (χ3v) is 3.58. The minimum Gasteiger partial charge on any atom is -0.294 e. The molecular weight excluding hydrogens is 256 g/mol. The Balaban J connectivity index is 1.95. The molecule has 0 amide bonds. The Morgan fingerprint density at radius 3 is 2.68 bits per heavy atom.